The molecule has 7 heteroatoms. The summed E-state index contributed by atoms with van der Waals surface area (Å²) < 4.78 is 26.3. The molecule has 0 bridgehead atoms. The first-order chi connectivity index (χ1) is 6.98. The Hall–Kier alpha value is -1.63. The van der Waals surface area contributed by atoms with Gasteiger partial charge in [-0.1, -0.05) is 0 Å². The number of fused-ring (bicyclic) bond motifs is 1. The van der Waals surface area contributed by atoms with Crippen LogP contribution >= 0.6 is 0 Å². The fourth-order valence-electron chi connectivity index (χ4n) is 1.38. The molecule has 0 saturated heterocycles. The van der Waals surface area contributed by atoms with Crippen molar-refractivity contribution in [3.63, 3.8) is 0 Å². The highest BCUT2D eigenvalue weighted by atomic mass is 32.2. The molecule has 0 atom stereocenters. The summed E-state index contributed by atoms with van der Waals surface area (Å²) in [5, 5.41) is 8.74. The topological polar surface area (TPSA) is 87.3 Å². The average Bonchev–Trinajstić information content (AvgIpc) is 2.15. The van der Waals surface area contributed by atoms with Crippen LogP contribution in [-0.4, -0.2) is 25.2 Å². The molecule has 0 aliphatic carbocycles. The van der Waals surface area contributed by atoms with Gasteiger partial charge >= 0.3 is 16.0 Å². The number of aromatic carboxylic acids is 1. The van der Waals surface area contributed by atoms with Crippen molar-refractivity contribution in [1.29, 1.82) is 0 Å². The van der Waals surface area contributed by atoms with E-state index in [1.165, 1.54) is 18.3 Å². The van der Waals surface area contributed by atoms with Gasteiger partial charge in [0.15, 0.2) is 0 Å². The molecule has 6 nitrogen and oxygen atoms in total. The average molecular weight is 229 g/mol. The van der Waals surface area contributed by atoms with Gasteiger partial charge < -0.3 is 5.11 Å². The minimum atomic E-state index is -3.25. The Morgan fingerprint density at radius 3 is 2.87 bits per heavy atom. The predicted molar refractivity (Wildman–Crippen MR) is 51.0 cm³/mol. The lowest BCUT2D eigenvalue weighted by Gasteiger charge is -2.12. The molecule has 0 spiro atoms. The van der Waals surface area contributed by atoms with E-state index in [0.717, 1.165) is 0 Å². The Kier molecular flexibility index (Phi) is 2.11. The van der Waals surface area contributed by atoms with E-state index in [4.69, 9.17) is 5.11 Å². The van der Waals surface area contributed by atoms with Gasteiger partial charge in [0, 0.05) is 6.07 Å². The van der Waals surface area contributed by atoms with Crippen molar-refractivity contribution in [3.8, 4) is 0 Å². The summed E-state index contributed by atoms with van der Waals surface area (Å²) in [6, 6.07) is 2.81. The van der Waals surface area contributed by atoms with Gasteiger partial charge in [-0.3, -0.25) is 0 Å². The Labute approximate surface area is 86.2 Å². The Balaban J connectivity index is 2.45. The number of sulfonamides is 1. The number of hydrogen-bond donors (Lipinski definition) is 2. The van der Waals surface area contributed by atoms with Crippen molar-refractivity contribution < 1.29 is 22.9 Å². The van der Waals surface area contributed by atoms with Crippen LogP contribution in [0.4, 0.5) is 5.82 Å². The van der Waals surface area contributed by atoms with Crippen LogP contribution in [-0.2, 0) is 16.6 Å². The lowest BCUT2D eigenvalue weighted by Crippen LogP contribution is -2.47. The number of anilines is 1. The molecule has 1 aromatic heterocycles. The molecule has 1 aliphatic rings. The van der Waals surface area contributed by atoms with E-state index in [1.807, 2.05) is 0 Å². The monoisotopic (exact) mass is 229 g/mol. The molecule has 1 aliphatic heterocycles. The van der Waals surface area contributed by atoms with Crippen LogP contribution in [0.2, 0.25) is 0 Å². The fourth-order valence-corrected chi connectivity index (χ4v) is 2.42. The maximum atomic E-state index is 11.2. The first-order valence-electron chi connectivity index (χ1n) is 4.25. The number of nitrogens with one attached hydrogen (secondary N) is 1. The summed E-state index contributed by atoms with van der Waals surface area (Å²) in [6.45, 7) is 0.270. The summed E-state index contributed by atoms with van der Waals surface area (Å²) in [6.07, 6.45) is 1.42. The van der Waals surface area contributed by atoms with Crippen molar-refractivity contribution in [2.45, 2.75) is 6.54 Å². The van der Waals surface area contributed by atoms with Crippen LogP contribution in [0.1, 0.15) is 10.4 Å². The van der Waals surface area contributed by atoms with Crippen LogP contribution in [0.15, 0.2) is 18.3 Å². The van der Waals surface area contributed by atoms with E-state index in [1.54, 1.807) is 4.57 Å². The smallest absolute Gasteiger partial charge is 0.339 e. The molecule has 80 valence electrons. The third-order valence-electron chi connectivity index (χ3n) is 2.13. The summed E-state index contributed by atoms with van der Waals surface area (Å²) in [7, 11) is -3.25. The highest BCUT2D eigenvalue weighted by molar-refractivity contribution is 7.92. The third kappa shape index (κ3) is 1.91. The minimum Gasteiger partial charge on any atom is -0.478 e. The number of carboxylic acids is 1. The van der Waals surface area contributed by atoms with E-state index < -0.39 is 16.0 Å². The Morgan fingerprint density at radius 1 is 1.47 bits per heavy atom. The normalized spacial score (nSPS) is 17.6. The number of hydrogen-bond acceptors (Lipinski definition) is 3. The van der Waals surface area contributed by atoms with E-state index >= 15 is 0 Å². The molecule has 0 saturated carbocycles. The molecule has 0 aromatic carbocycles. The Morgan fingerprint density at radius 2 is 2.20 bits per heavy atom. The van der Waals surface area contributed by atoms with Gasteiger partial charge in [0.25, 0.3) is 5.82 Å². The molecule has 0 amide bonds. The maximum Gasteiger partial charge on any atom is 0.339 e. The first-order valence-corrected chi connectivity index (χ1v) is 5.90. The second-order valence-corrected chi connectivity index (χ2v) is 5.06. The van der Waals surface area contributed by atoms with Crippen molar-refractivity contribution in [1.82, 2.24) is 0 Å². The number of rotatable bonds is 1. The molecule has 2 heterocycles. The Bertz CT molecular complexity index is 523. The van der Waals surface area contributed by atoms with Crippen LogP contribution in [0.3, 0.4) is 0 Å². The van der Waals surface area contributed by atoms with Crippen molar-refractivity contribution >= 4 is 21.8 Å². The van der Waals surface area contributed by atoms with Crippen LogP contribution in [0, 0.1) is 0 Å². The second-order valence-electron chi connectivity index (χ2n) is 3.22. The van der Waals surface area contributed by atoms with E-state index in [9.17, 15) is 13.2 Å². The number of nitrogens with zero attached hydrogens (tertiary/aromatic N) is 1. The van der Waals surface area contributed by atoms with E-state index in [-0.39, 0.29) is 17.9 Å². The lowest BCUT2D eigenvalue weighted by atomic mass is 10.3. The summed E-state index contributed by atoms with van der Waals surface area (Å²) in [5.41, 5.74) is 0.139. The molecule has 0 fully saturated rings. The lowest BCUT2D eigenvalue weighted by molar-refractivity contribution is -0.679. The van der Waals surface area contributed by atoms with Gasteiger partial charge in [0.05, 0.1) is 5.56 Å². The van der Waals surface area contributed by atoms with Crippen molar-refractivity contribution in [2.75, 3.05) is 10.5 Å². The van der Waals surface area contributed by atoms with Gasteiger partial charge in [-0.25, -0.2) is 9.36 Å². The standard InChI is InChI=1S/C8H8N2O4S/c11-8(12)6-1-2-7-9-15(13,14)4-3-10(7)5-6/h1-2,5H,3-4H2,(H,11,12)/p+1. The van der Waals surface area contributed by atoms with Crippen molar-refractivity contribution in [2.24, 2.45) is 0 Å². The van der Waals surface area contributed by atoms with Crippen LogP contribution < -0.4 is 9.29 Å². The summed E-state index contributed by atoms with van der Waals surface area (Å²) in [4.78, 5) is 10.7. The number of aromatic nitrogens is 1. The predicted octanol–water partition coefficient (Wildman–Crippen LogP) is -0.572. The molecule has 15 heavy (non-hydrogen) atoms. The van der Waals surface area contributed by atoms with Crippen LogP contribution in [0.25, 0.3) is 0 Å². The minimum absolute atomic E-state index is 0.0340. The second kappa shape index (κ2) is 3.20. The maximum absolute atomic E-state index is 11.2. The van der Waals surface area contributed by atoms with E-state index in [2.05, 4.69) is 4.72 Å². The van der Waals surface area contributed by atoms with Crippen molar-refractivity contribution in [3.05, 3.63) is 23.9 Å². The highest BCUT2D eigenvalue weighted by Gasteiger charge is 2.27. The highest BCUT2D eigenvalue weighted by Crippen LogP contribution is 2.09. The van der Waals surface area contributed by atoms with Gasteiger partial charge in [0.1, 0.15) is 18.5 Å². The zero-order valence-electron chi connectivity index (χ0n) is 7.67. The van der Waals surface area contributed by atoms with Gasteiger partial charge in [0.2, 0.25) is 0 Å². The van der Waals surface area contributed by atoms with Gasteiger partial charge in [-0.15, -0.1) is 0 Å². The largest absolute Gasteiger partial charge is 0.478 e. The molecular formula is C8H9N2O4S+. The molecule has 2 rings (SSSR count). The van der Waals surface area contributed by atoms with Crippen LogP contribution in [0.5, 0.6) is 0 Å². The molecule has 0 unspecified atom stereocenters. The number of aryl methyl sites for hydroxylation is 1. The zero-order chi connectivity index (χ0) is 11.1. The summed E-state index contributed by atoms with van der Waals surface area (Å²) in [5.74, 6) is -0.668. The molecular weight excluding hydrogens is 220 g/mol. The quantitative estimate of drug-likeness (QED) is 0.631. The third-order valence-corrected chi connectivity index (χ3v) is 3.37. The molecule has 2 N–H and O–H groups in total. The number of pyridine rings is 1. The fraction of sp³-hybridized carbons (Fsp3) is 0.250. The van der Waals surface area contributed by atoms with E-state index in [0.29, 0.717) is 5.82 Å². The summed E-state index contributed by atoms with van der Waals surface area (Å²) >= 11 is 0. The van der Waals surface area contributed by atoms with Gasteiger partial charge in [-0.05, 0) is 6.07 Å². The van der Waals surface area contributed by atoms with Gasteiger partial charge in [-0.2, -0.15) is 13.1 Å². The SMILES string of the molecule is O=C(O)c1ccc2[n+](c1)CCS(=O)(=O)N2. The molecule has 0 radical (unpaired) electrons. The number of carbonyl (C=O) groups is 1. The zero-order valence-corrected chi connectivity index (χ0v) is 8.49. The first kappa shape index (κ1) is 9.91. The number of carboxylic acid groups (broad SMARTS) is 1. The molecule has 1 aromatic rings.